The average Bonchev–Trinajstić information content (AvgIpc) is 2.89. The molecule has 1 aromatic heterocycles. The summed E-state index contributed by atoms with van der Waals surface area (Å²) in [6.07, 6.45) is 0.737. The van der Waals surface area contributed by atoms with Crippen LogP contribution in [0.1, 0.15) is 23.4 Å². The summed E-state index contributed by atoms with van der Waals surface area (Å²) < 4.78 is 10.2. The van der Waals surface area contributed by atoms with Crippen LogP contribution in [0, 0.1) is 0 Å². The van der Waals surface area contributed by atoms with E-state index in [9.17, 15) is 4.79 Å². The first kappa shape index (κ1) is 15.7. The van der Waals surface area contributed by atoms with Gasteiger partial charge < -0.3 is 15.0 Å². The molecule has 2 rings (SSSR count). The van der Waals surface area contributed by atoms with Crippen LogP contribution >= 0.6 is 23.4 Å². The Morgan fingerprint density at radius 3 is 2.81 bits per heavy atom. The molecule has 0 bridgehead atoms. The molecule has 8 heteroatoms. The number of nitrogens with zero attached hydrogens (tertiary/aromatic N) is 2. The van der Waals surface area contributed by atoms with Gasteiger partial charge in [-0.2, -0.15) is 16.7 Å². The van der Waals surface area contributed by atoms with E-state index in [1.807, 2.05) is 18.4 Å². The fourth-order valence-corrected chi connectivity index (χ4v) is 2.23. The topological polar surface area (TPSA) is 91.2 Å². The minimum atomic E-state index is -0.884. The number of thioether (sulfide) groups is 1. The predicted octanol–water partition coefficient (Wildman–Crippen LogP) is 2.97. The van der Waals surface area contributed by atoms with Crippen molar-refractivity contribution in [2.24, 2.45) is 5.73 Å². The van der Waals surface area contributed by atoms with Crippen LogP contribution in [-0.2, 0) is 16.9 Å². The number of ether oxygens (including phenoxy) is 1. The van der Waals surface area contributed by atoms with Crippen molar-refractivity contribution in [2.45, 2.75) is 18.3 Å². The third kappa shape index (κ3) is 4.64. The second kappa shape index (κ2) is 7.33. The molecule has 21 heavy (non-hydrogen) atoms. The minimum absolute atomic E-state index is 0.299. The lowest BCUT2D eigenvalue weighted by molar-refractivity contribution is 0.0999. The maximum atomic E-state index is 11.0. The molecular formula is C13H14ClN3O3S. The first-order valence-corrected chi connectivity index (χ1v) is 7.87. The maximum absolute atomic E-state index is 11.0. The van der Waals surface area contributed by atoms with Gasteiger partial charge in [-0.3, -0.25) is 0 Å². The van der Waals surface area contributed by atoms with Crippen LogP contribution in [0.5, 0.6) is 0 Å². The average molecular weight is 328 g/mol. The van der Waals surface area contributed by atoms with E-state index >= 15 is 0 Å². The fraction of sp³-hybridized carbons (Fsp3) is 0.308. The lowest BCUT2D eigenvalue weighted by Crippen LogP contribution is -2.20. The molecule has 0 saturated carbocycles. The normalized spacial score (nSPS) is 12.1. The number of halogens is 1. The van der Waals surface area contributed by atoms with E-state index in [1.165, 1.54) is 0 Å². The van der Waals surface area contributed by atoms with Crippen LogP contribution < -0.4 is 5.73 Å². The Hall–Kier alpha value is -1.73. The Kier molecular flexibility index (Phi) is 5.46. The van der Waals surface area contributed by atoms with Gasteiger partial charge in [-0.1, -0.05) is 28.9 Å². The van der Waals surface area contributed by atoms with E-state index in [2.05, 4.69) is 10.1 Å². The monoisotopic (exact) mass is 327 g/mol. The molecule has 0 radical (unpaired) electrons. The van der Waals surface area contributed by atoms with Crippen molar-refractivity contribution in [1.29, 1.82) is 0 Å². The number of carbonyl (C=O) groups excluding carboxylic acids is 1. The van der Waals surface area contributed by atoms with Crippen molar-refractivity contribution in [3.8, 4) is 0 Å². The maximum Gasteiger partial charge on any atom is 0.405 e. The van der Waals surface area contributed by atoms with Crippen molar-refractivity contribution < 1.29 is 14.1 Å². The molecule has 0 spiro atoms. The Bertz CT molecular complexity index is 603. The van der Waals surface area contributed by atoms with Gasteiger partial charge in [0.25, 0.3) is 0 Å². The van der Waals surface area contributed by atoms with E-state index in [-0.39, 0.29) is 0 Å². The summed E-state index contributed by atoms with van der Waals surface area (Å²) in [6.45, 7) is 0. The SMILES string of the molecule is CSCc1nc([C@H](Cc2ccc(Cl)cc2)OC(N)=O)no1. The number of rotatable bonds is 6. The Morgan fingerprint density at radius 1 is 1.48 bits per heavy atom. The molecule has 0 saturated heterocycles. The number of aromatic nitrogens is 2. The number of hydrogen-bond donors (Lipinski definition) is 1. The molecule has 1 heterocycles. The van der Waals surface area contributed by atoms with Crippen LogP contribution in [0.2, 0.25) is 5.02 Å². The van der Waals surface area contributed by atoms with E-state index in [1.54, 1.807) is 23.9 Å². The van der Waals surface area contributed by atoms with Gasteiger partial charge in [-0.15, -0.1) is 0 Å². The second-order valence-corrected chi connectivity index (χ2v) is 5.54. The van der Waals surface area contributed by atoms with Gasteiger partial charge in [0.2, 0.25) is 11.7 Å². The Morgan fingerprint density at radius 2 is 2.19 bits per heavy atom. The summed E-state index contributed by atoms with van der Waals surface area (Å²) in [4.78, 5) is 15.3. The zero-order valence-electron chi connectivity index (χ0n) is 11.3. The molecule has 0 aliphatic heterocycles. The minimum Gasteiger partial charge on any atom is -0.438 e. The molecule has 1 atom stereocenters. The summed E-state index contributed by atoms with van der Waals surface area (Å²) in [5.74, 6) is 1.37. The third-order valence-electron chi connectivity index (χ3n) is 2.63. The number of nitrogens with two attached hydrogens (primary N) is 1. The van der Waals surface area contributed by atoms with Crippen LogP contribution in [-0.4, -0.2) is 22.5 Å². The molecule has 0 unspecified atom stereocenters. The Balaban J connectivity index is 2.16. The molecule has 1 amide bonds. The first-order valence-electron chi connectivity index (χ1n) is 6.10. The van der Waals surface area contributed by atoms with E-state index in [0.717, 1.165) is 5.56 Å². The van der Waals surface area contributed by atoms with Crippen LogP contribution in [0.25, 0.3) is 0 Å². The highest BCUT2D eigenvalue weighted by atomic mass is 35.5. The molecule has 0 fully saturated rings. The molecule has 2 N–H and O–H groups in total. The van der Waals surface area contributed by atoms with Gasteiger partial charge in [0, 0.05) is 11.4 Å². The smallest absolute Gasteiger partial charge is 0.405 e. The Labute approximate surface area is 131 Å². The number of amides is 1. The summed E-state index contributed by atoms with van der Waals surface area (Å²) in [5.41, 5.74) is 6.02. The van der Waals surface area contributed by atoms with E-state index in [0.29, 0.717) is 28.9 Å². The second-order valence-electron chi connectivity index (χ2n) is 4.24. The van der Waals surface area contributed by atoms with Gasteiger partial charge >= 0.3 is 6.09 Å². The van der Waals surface area contributed by atoms with Gasteiger partial charge in [-0.25, -0.2) is 4.79 Å². The highest BCUT2D eigenvalue weighted by molar-refractivity contribution is 7.97. The largest absolute Gasteiger partial charge is 0.438 e. The van der Waals surface area contributed by atoms with Gasteiger partial charge in [0.15, 0.2) is 6.10 Å². The van der Waals surface area contributed by atoms with Gasteiger partial charge in [-0.05, 0) is 24.0 Å². The molecule has 2 aromatic rings. The lowest BCUT2D eigenvalue weighted by Gasteiger charge is -2.12. The number of primary amides is 1. The highest BCUT2D eigenvalue weighted by Crippen LogP contribution is 2.22. The summed E-state index contributed by atoms with van der Waals surface area (Å²) in [5, 5.41) is 4.48. The van der Waals surface area contributed by atoms with Crippen molar-refractivity contribution >= 4 is 29.5 Å². The van der Waals surface area contributed by atoms with Crippen molar-refractivity contribution in [2.75, 3.05) is 6.26 Å². The number of benzene rings is 1. The van der Waals surface area contributed by atoms with Crippen LogP contribution in [0.3, 0.4) is 0 Å². The van der Waals surface area contributed by atoms with Crippen molar-refractivity contribution in [3.05, 3.63) is 46.6 Å². The highest BCUT2D eigenvalue weighted by Gasteiger charge is 2.22. The molecular weight excluding hydrogens is 314 g/mol. The van der Waals surface area contributed by atoms with Crippen LogP contribution in [0.15, 0.2) is 28.8 Å². The standard InChI is InChI=1S/C13H14ClN3O3S/c1-21-7-11-16-12(17-20-11)10(19-13(15)18)6-8-2-4-9(14)5-3-8/h2-5,10H,6-7H2,1H3,(H2,15,18)/t10-/m0/s1. The first-order chi connectivity index (χ1) is 10.1. The summed E-state index contributed by atoms with van der Waals surface area (Å²) in [6, 6.07) is 7.19. The third-order valence-corrected chi connectivity index (χ3v) is 3.42. The molecule has 0 aliphatic carbocycles. The lowest BCUT2D eigenvalue weighted by atomic mass is 10.1. The van der Waals surface area contributed by atoms with Crippen molar-refractivity contribution in [3.63, 3.8) is 0 Å². The van der Waals surface area contributed by atoms with E-state index in [4.69, 9.17) is 26.6 Å². The predicted molar refractivity (Wildman–Crippen MR) is 80.1 cm³/mol. The van der Waals surface area contributed by atoms with Crippen LogP contribution in [0.4, 0.5) is 4.79 Å². The van der Waals surface area contributed by atoms with Gasteiger partial charge in [0.05, 0.1) is 5.75 Å². The number of hydrogen-bond acceptors (Lipinski definition) is 6. The summed E-state index contributed by atoms with van der Waals surface area (Å²) >= 11 is 7.40. The number of carbonyl (C=O) groups is 1. The zero-order chi connectivity index (χ0) is 15.2. The molecule has 0 aliphatic rings. The summed E-state index contributed by atoms with van der Waals surface area (Å²) in [7, 11) is 0. The zero-order valence-corrected chi connectivity index (χ0v) is 12.9. The molecule has 1 aromatic carbocycles. The molecule has 6 nitrogen and oxygen atoms in total. The molecule has 112 valence electrons. The fourth-order valence-electron chi connectivity index (χ4n) is 1.74. The van der Waals surface area contributed by atoms with Crippen molar-refractivity contribution in [1.82, 2.24) is 10.1 Å². The van der Waals surface area contributed by atoms with E-state index < -0.39 is 12.2 Å². The van der Waals surface area contributed by atoms with Gasteiger partial charge in [0.1, 0.15) is 0 Å². The quantitative estimate of drug-likeness (QED) is 0.877.